The smallest absolute Gasteiger partial charge is 0.337 e. The van der Waals surface area contributed by atoms with E-state index in [1.54, 1.807) is 17.8 Å². The molecule has 53 heavy (non-hydrogen) atoms. The van der Waals surface area contributed by atoms with E-state index in [9.17, 15) is 15.0 Å². The van der Waals surface area contributed by atoms with Crippen molar-refractivity contribution in [1.29, 1.82) is 0 Å². The maximum Gasteiger partial charge on any atom is 0.337 e. The highest BCUT2D eigenvalue weighted by atomic mass is 32.2. The number of allylic oxidation sites excluding steroid dienone is 4. The van der Waals surface area contributed by atoms with Crippen molar-refractivity contribution in [2.75, 3.05) is 26.1 Å². The molecular weight excluding hydrogens is 681 g/mol. The molecule has 7 rings (SSSR count). The summed E-state index contributed by atoms with van der Waals surface area (Å²) < 4.78 is 17.8. The van der Waals surface area contributed by atoms with Gasteiger partial charge in [-0.05, 0) is 116 Å². The Labute approximate surface area is 320 Å². The van der Waals surface area contributed by atoms with E-state index >= 15 is 0 Å². The van der Waals surface area contributed by atoms with Gasteiger partial charge in [-0.15, -0.1) is 11.8 Å². The van der Waals surface area contributed by atoms with Crippen molar-refractivity contribution in [2.24, 2.45) is 22.7 Å². The van der Waals surface area contributed by atoms with Crippen LogP contribution >= 0.6 is 11.8 Å². The third-order valence-corrected chi connectivity index (χ3v) is 14.3. The van der Waals surface area contributed by atoms with Crippen LogP contribution < -0.4 is 0 Å². The molecule has 3 saturated carbocycles. The second-order valence-corrected chi connectivity index (χ2v) is 18.2. The molecule has 0 radical (unpaired) electrons. The molecule has 0 amide bonds. The molecule has 0 bridgehead atoms. The molecule has 2 aromatic rings. The Hall–Kier alpha value is -3.12. The van der Waals surface area contributed by atoms with Gasteiger partial charge in [-0.3, -0.25) is 0 Å². The summed E-state index contributed by atoms with van der Waals surface area (Å²) in [4.78, 5) is 11.9. The SMILES string of the molecule is CC=CSCC1(O)CCC2C3CCC4(O)CC5(CCC4=C3C(c3ccc(C#CC=CCc4cccc(C(=O)OC)c4)cc3)CC21C)OCC(C)(C)CO5. The van der Waals surface area contributed by atoms with E-state index in [1.807, 2.05) is 37.3 Å². The Morgan fingerprint density at radius 2 is 1.81 bits per heavy atom. The summed E-state index contributed by atoms with van der Waals surface area (Å²) in [5.74, 6) is 6.92. The lowest BCUT2D eigenvalue weighted by atomic mass is 9.50. The Balaban J connectivity index is 1.16. The summed E-state index contributed by atoms with van der Waals surface area (Å²) in [5.41, 5.74) is 4.40. The first-order valence-electron chi connectivity index (χ1n) is 19.5. The molecule has 7 heteroatoms. The predicted octanol–water partition coefficient (Wildman–Crippen LogP) is 8.92. The van der Waals surface area contributed by atoms with Crippen molar-refractivity contribution in [3.05, 3.63) is 106 Å². The third kappa shape index (κ3) is 7.35. The minimum atomic E-state index is -0.952. The van der Waals surface area contributed by atoms with Crippen LogP contribution in [-0.4, -0.2) is 59.2 Å². The fourth-order valence-corrected chi connectivity index (χ4v) is 11.3. The van der Waals surface area contributed by atoms with Crippen molar-refractivity contribution < 1.29 is 29.2 Å². The van der Waals surface area contributed by atoms with Gasteiger partial charge in [0.05, 0.1) is 37.1 Å². The molecule has 2 N–H and O–H groups in total. The molecule has 2 aromatic carbocycles. The van der Waals surface area contributed by atoms with E-state index in [-0.39, 0.29) is 22.7 Å². The summed E-state index contributed by atoms with van der Waals surface area (Å²) in [6, 6.07) is 16.1. The Kier molecular flexibility index (Phi) is 10.7. The number of esters is 1. The summed E-state index contributed by atoms with van der Waals surface area (Å²) >= 11 is 1.72. The first-order valence-corrected chi connectivity index (χ1v) is 20.5. The molecule has 1 saturated heterocycles. The second kappa shape index (κ2) is 14.8. The Morgan fingerprint density at radius 3 is 2.55 bits per heavy atom. The molecule has 4 fully saturated rings. The molecule has 5 aliphatic rings. The van der Waals surface area contributed by atoms with Crippen LogP contribution in [0.1, 0.15) is 112 Å². The van der Waals surface area contributed by atoms with Crippen LogP contribution in [0.4, 0.5) is 0 Å². The van der Waals surface area contributed by atoms with Crippen LogP contribution in [0, 0.1) is 34.5 Å². The van der Waals surface area contributed by atoms with Crippen molar-refractivity contribution in [1.82, 2.24) is 0 Å². The molecule has 0 aromatic heterocycles. The Morgan fingerprint density at radius 1 is 1.04 bits per heavy atom. The maximum atomic E-state index is 12.6. The minimum absolute atomic E-state index is 0.0278. The average Bonchev–Trinajstić information content (AvgIpc) is 3.41. The number of hydrogen-bond donors (Lipinski definition) is 2. The molecule has 1 heterocycles. The summed E-state index contributed by atoms with van der Waals surface area (Å²) in [6.07, 6.45) is 12.9. The third-order valence-electron chi connectivity index (χ3n) is 13.2. The quantitative estimate of drug-likeness (QED) is 0.167. The number of aliphatic hydroxyl groups is 2. The van der Waals surface area contributed by atoms with Crippen LogP contribution in [0.15, 0.2) is 83.3 Å². The van der Waals surface area contributed by atoms with Gasteiger partial charge in [0, 0.05) is 40.9 Å². The number of fused-ring (bicyclic) bond motifs is 4. The van der Waals surface area contributed by atoms with E-state index in [0.717, 1.165) is 49.7 Å². The highest BCUT2D eigenvalue weighted by Gasteiger charge is 2.64. The molecule has 4 aliphatic carbocycles. The molecule has 6 unspecified atom stereocenters. The molecule has 1 aliphatic heterocycles. The van der Waals surface area contributed by atoms with Crippen molar-refractivity contribution in [2.45, 2.75) is 108 Å². The minimum Gasteiger partial charge on any atom is -0.465 e. The number of hydrogen-bond acceptors (Lipinski definition) is 7. The standard InChI is InChI=1S/C46H56O6S/c1-6-25-53-31-45(49)23-20-38-36-19-22-44(48)28-46(51-29-42(2,3)30-52-46)24-21-39(44)40(36)37(27-43(38,45)4)34-17-15-32(16-18-34)11-8-7-9-12-33-13-10-14-35(26-33)41(47)50-5/h6-7,9-10,13-18,25-26,36-38,48-49H,12,19-24,27-31H2,1-5H3. The van der Waals surface area contributed by atoms with Gasteiger partial charge in [0.25, 0.3) is 0 Å². The van der Waals surface area contributed by atoms with Crippen LogP contribution in [0.25, 0.3) is 0 Å². The summed E-state index contributed by atoms with van der Waals surface area (Å²) in [6.45, 7) is 10.0. The first-order chi connectivity index (χ1) is 25.3. The van der Waals surface area contributed by atoms with Crippen LogP contribution in [0.2, 0.25) is 0 Å². The van der Waals surface area contributed by atoms with Gasteiger partial charge in [0.2, 0.25) is 0 Å². The van der Waals surface area contributed by atoms with Crippen LogP contribution in [-0.2, 0) is 20.6 Å². The zero-order chi connectivity index (χ0) is 37.5. The van der Waals surface area contributed by atoms with Crippen molar-refractivity contribution in [3.8, 4) is 11.8 Å². The largest absolute Gasteiger partial charge is 0.465 e. The number of methoxy groups -OCH3 is 1. The zero-order valence-corrected chi connectivity index (χ0v) is 32.9. The monoisotopic (exact) mass is 736 g/mol. The summed E-state index contributed by atoms with van der Waals surface area (Å²) in [5, 5.41) is 27.1. The van der Waals surface area contributed by atoms with Gasteiger partial charge >= 0.3 is 5.97 Å². The molecule has 6 atom stereocenters. The van der Waals surface area contributed by atoms with Gasteiger partial charge < -0.3 is 24.4 Å². The zero-order valence-electron chi connectivity index (χ0n) is 32.1. The molecule has 6 nitrogen and oxygen atoms in total. The Bertz CT molecular complexity index is 1840. The number of benzene rings is 2. The lowest BCUT2D eigenvalue weighted by Gasteiger charge is -2.58. The molecular formula is C46H56O6S. The fourth-order valence-electron chi connectivity index (χ4n) is 10.3. The van der Waals surface area contributed by atoms with Gasteiger partial charge in [0.15, 0.2) is 5.79 Å². The molecule has 1 spiro atoms. The van der Waals surface area contributed by atoms with E-state index < -0.39 is 17.0 Å². The van der Waals surface area contributed by atoms with E-state index in [0.29, 0.717) is 55.6 Å². The fraction of sp³-hybridized carbons (Fsp3) is 0.543. The lowest BCUT2D eigenvalue weighted by molar-refractivity contribution is -0.322. The number of thioether (sulfide) groups is 1. The maximum absolute atomic E-state index is 12.6. The van der Waals surface area contributed by atoms with E-state index in [4.69, 9.17) is 14.2 Å². The van der Waals surface area contributed by atoms with Crippen molar-refractivity contribution in [3.63, 3.8) is 0 Å². The first kappa shape index (κ1) is 38.2. The number of carbonyl (C=O) groups is 1. The highest BCUT2D eigenvalue weighted by molar-refractivity contribution is 8.02. The van der Waals surface area contributed by atoms with Gasteiger partial charge in [0.1, 0.15) is 0 Å². The number of rotatable bonds is 7. The van der Waals surface area contributed by atoms with E-state index in [2.05, 4.69) is 68.4 Å². The number of carbonyl (C=O) groups excluding carboxylic acids is 1. The van der Waals surface area contributed by atoms with Crippen molar-refractivity contribution >= 4 is 17.7 Å². The normalized spacial score (nSPS) is 32.9. The predicted molar refractivity (Wildman–Crippen MR) is 211 cm³/mol. The average molecular weight is 737 g/mol. The van der Waals surface area contributed by atoms with Crippen LogP contribution in [0.5, 0.6) is 0 Å². The van der Waals surface area contributed by atoms with Gasteiger partial charge in [-0.1, -0.05) is 74.6 Å². The van der Waals surface area contributed by atoms with Gasteiger partial charge in [-0.25, -0.2) is 4.79 Å². The molecule has 282 valence electrons. The van der Waals surface area contributed by atoms with E-state index in [1.165, 1.54) is 23.8 Å². The number of ether oxygens (including phenoxy) is 3. The summed E-state index contributed by atoms with van der Waals surface area (Å²) in [7, 11) is 1.39. The topological polar surface area (TPSA) is 85.2 Å². The van der Waals surface area contributed by atoms with Crippen LogP contribution in [0.3, 0.4) is 0 Å². The lowest BCUT2D eigenvalue weighted by Crippen LogP contribution is -2.58. The second-order valence-electron chi connectivity index (χ2n) is 17.3. The van der Waals surface area contributed by atoms with Gasteiger partial charge in [-0.2, -0.15) is 0 Å². The highest BCUT2D eigenvalue weighted by Crippen LogP contribution is 2.68.